The highest BCUT2D eigenvalue weighted by molar-refractivity contribution is 5.97. The highest BCUT2D eigenvalue weighted by Crippen LogP contribution is 2.29. The molecule has 0 fully saturated rings. The van der Waals surface area contributed by atoms with Crippen LogP contribution < -0.4 is 14.2 Å². The molecule has 2 rings (SSSR count). The molecule has 0 aromatic heterocycles. The van der Waals surface area contributed by atoms with Gasteiger partial charge in [0.1, 0.15) is 17.4 Å². The molecule has 0 saturated heterocycles. The number of esters is 2. The second-order valence-corrected chi connectivity index (χ2v) is 6.12. The first-order chi connectivity index (χ1) is 14.5. The smallest absolute Gasteiger partial charge is 0.348 e. The highest BCUT2D eigenvalue weighted by Gasteiger charge is 2.13. The quantitative estimate of drug-likeness (QED) is 0.270. The van der Waals surface area contributed by atoms with Gasteiger partial charge in [-0.15, -0.1) is 0 Å². The molecule has 7 heteroatoms. The zero-order valence-electron chi connectivity index (χ0n) is 17.1. The Bertz CT molecular complexity index is 957. The standard InChI is InChI=1S/C23H23NO6/c1-4-29-19-9-5-16(6-10-19)8-12-22(25)30-20-11-7-17(14-21(20)27-2)13-18(15-24)23(26)28-3/h5-7,9-11,13-14H,4,8,12H2,1-3H3/b18-13+. The van der Waals surface area contributed by atoms with Crippen LogP contribution >= 0.6 is 0 Å². The predicted octanol–water partition coefficient (Wildman–Crippen LogP) is 3.71. The molecule has 7 nitrogen and oxygen atoms in total. The Morgan fingerprint density at radius 1 is 1.07 bits per heavy atom. The number of hydrogen-bond acceptors (Lipinski definition) is 7. The molecule has 156 valence electrons. The van der Waals surface area contributed by atoms with Crippen LogP contribution in [-0.2, 0) is 20.7 Å². The summed E-state index contributed by atoms with van der Waals surface area (Å²) in [4.78, 5) is 23.8. The lowest BCUT2D eigenvalue weighted by atomic mass is 10.1. The Labute approximate surface area is 175 Å². The molecule has 2 aromatic carbocycles. The van der Waals surface area contributed by atoms with Gasteiger partial charge < -0.3 is 18.9 Å². The van der Waals surface area contributed by atoms with Crippen molar-refractivity contribution in [3.63, 3.8) is 0 Å². The molecule has 0 heterocycles. The van der Waals surface area contributed by atoms with Gasteiger partial charge in [-0.1, -0.05) is 18.2 Å². The van der Waals surface area contributed by atoms with E-state index in [0.29, 0.717) is 24.3 Å². The molecular formula is C23H23NO6. The first kappa shape index (κ1) is 22.5. The van der Waals surface area contributed by atoms with Crippen LogP contribution in [0.3, 0.4) is 0 Å². The van der Waals surface area contributed by atoms with Crippen LogP contribution in [0.4, 0.5) is 0 Å². The number of rotatable bonds is 9. The van der Waals surface area contributed by atoms with E-state index in [0.717, 1.165) is 11.3 Å². The summed E-state index contributed by atoms with van der Waals surface area (Å²) in [7, 11) is 2.63. The maximum atomic E-state index is 12.2. The Morgan fingerprint density at radius 3 is 2.40 bits per heavy atom. The van der Waals surface area contributed by atoms with E-state index in [1.807, 2.05) is 31.2 Å². The van der Waals surface area contributed by atoms with Crippen molar-refractivity contribution < 1.29 is 28.5 Å². The van der Waals surface area contributed by atoms with Crippen LogP contribution in [0.2, 0.25) is 0 Å². The first-order valence-corrected chi connectivity index (χ1v) is 9.31. The molecule has 0 N–H and O–H groups in total. The number of ether oxygens (including phenoxy) is 4. The van der Waals surface area contributed by atoms with Gasteiger partial charge in [0, 0.05) is 6.42 Å². The van der Waals surface area contributed by atoms with E-state index in [1.165, 1.54) is 20.3 Å². The molecule has 0 bridgehead atoms. The van der Waals surface area contributed by atoms with Crippen molar-refractivity contribution >= 4 is 18.0 Å². The zero-order chi connectivity index (χ0) is 21.9. The minimum atomic E-state index is -0.735. The minimum absolute atomic E-state index is 0.153. The number of aryl methyl sites for hydroxylation is 1. The third-order valence-corrected chi connectivity index (χ3v) is 4.10. The molecular weight excluding hydrogens is 386 g/mol. The van der Waals surface area contributed by atoms with Gasteiger partial charge in [0.25, 0.3) is 0 Å². The van der Waals surface area contributed by atoms with Gasteiger partial charge in [-0.25, -0.2) is 4.79 Å². The number of benzene rings is 2. The Hall–Kier alpha value is -3.79. The lowest BCUT2D eigenvalue weighted by molar-refractivity contribution is -0.136. The van der Waals surface area contributed by atoms with Crippen LogP contribution in [0.5, 0.6) is 17.2 Å². The van der Waals surface area contributed by atoms with Crippen molar-refractivity contribution in [1.29, 1.82) is 5.26 Å². The number of nitrogens with zero attached hydrogens (tertiary/aromatic N) is 1. The van der Waals surface area contributed by atoms with Crippen molar-refractivity contribution in [2.45, 2.75) is 19.8 Å². The molecule has 2 aromatic rings. The average molecular weight is 409 g/mol. The molecule has 0 spiro atoms. The third-order valence-electron chi connectivity index (χ3n) is 4.10. The second kappa shape index (κ2) is 11.3. The topological polar surface area (TPSA) is 94.9 Å². The third kappa shape index (κ3) is 6.38. The van der Waals surface area contributed by atoms with Gasteiger partial charge in [0.05, 0.1) is 20.8 Å². The van der Waals surface area contributed by atoms with E-state index in [2.05, 4.69) is 4.74 Å². The maximum absolute atomic E-state index is 12.2. The van der Waals surface area contributed by atoms with Crippen molar-refractivity contribution in [3.8, 4) is 23.3 Å². The predicted molar refractivity (Wildman–Crippen MR) is 110 cm³/mol. The van der Waals surface area contributed by atoms with Crippen LogP contribution in [0.1, 0.15) is 24.5 Å². The summed E-state index contributed by atoms with van der Waals surface area (Å²) >= 11 is 0. The summed E-state index contributed by atoms with van der Waals surface area (Å²) in [6.45, 7) is 2.52. The van der Waals surface area contributed by atoms with E-state index in [9.17, 15) is 9.59 Å². The molecule has 0 radical (unpaired) electrons. The van der Waals surface area contributed by atoms with E-state index >= 15 is 0 Å². The Morgan fingerprint density at radius 2 is 1.80 bits per heavy atom. The largest absolute Gasteiger partial charge is 0.494 e. The Balaban J connectivity index is 2.03. The van der Waals surface area contributed by atoms with Gasteiger partial charge in [-0.2, -0.15) is 5.26 Å². The number of carbonyl (C=O) groups excluding carboxylic acids is 2. The van der Waals surface area contributed by atoms with Crippen molar-refractivity contribution in [3.05, 3.63) is 59.2 Å². The number of carbonyl (C=O) groups is 2. The normalized spacial score (nSPS) is 10.7. The monoisotopic (exact) mass is 409 g/mol. The fraction of sp³-hybridized carbons (Fsp3) is 0.261. The summed E-state index contributed by atoms with van der Waals surface area (Å²) in [5.41, 5.74) is 1.37. The molecule has 0 aliphatic carbocycles. The van der Waals surface area contributed by atoms with Crippen LogP contribution in [0.15, 0.2) is 48.0 Å². The van der Waals surface area contributed by atoms with Gasteiger partial charge in [-0.05, 0) is 54.8 Å². The summed E-state index contributed by atoms with van der Waals surface area (Å²) in [5, 5.41) is 9.06. The van der Waals surface area contributed by atoms with Gasteiger partial charge in [0.2, 0.25) is 0 Å². The van der Waals surface area contributed by atoms with Gasteiger partial charge in [-0.3, -0.25) is 4.79 Å². The summed E-state index contributed by atoms with van der Waals surface area (Å²) in [5.74, 6) is 0.205. The molecule has 0 atom stereocenters. The van der Waals surface area contributed by atoms with Gasteiger partial charge in [0.15, 0.2) is 11.5 Å². The van der Waals surface area contributed by atoms with E-state index in [1.54, 1.807) is 24.3 Å². The zero-order valence-corrected chi connectivity index (χ0v) is 17.1. The fourth-order valence-corrected chi connectivity index (χ4v) is 2.61. The molecule has 30 heavy (non-hydrogen) atoms. The van der Waals surface area contributed by atoms with E-state index < -0.39 is 11.9 Å². The van der Waals surface area contributed by atoms with E-state index in [-0.39, 0.29) is 17.7 Å². The maximum Gasteiger partial charge on any atom is 0.348 e. The number of nitriles is 1. The lowest BCUT2D eigenvalue weighted by Crippen LogP contribution is -2.10. The van der Waals surface area contributed by atoms with Gasteiger partial charge >= 0.3 is 11.9 Å². The van der Waals surface area contributed by atoms with E-state index in [4.69, 9.17) is 19.5 Å². The molecule has 0 aliphatic heterocycles. The molecule has 0 saturated carbocycles. The number of methoxy groups -OCH3 is 2. The first-order valence-electron chi connectivity index (χ1n) is 9.31. The van der Waals surface area contributed by atoms with Crippen LogP contribution in [-0.4, -0.2) is 32.8 Å². The van der Waals surface area contributed by atoms with Crippen molar-refractivity contribution in [1.82, 2.24) is 0 Å². The summed E-state index contributed by atoms with van der Waals surface area (Å²) < 4.78 is 20.6. The van der Waals surface area contributed by atoms with Crippen molar-refractivity contribution in [2.75, 3.05) is 20.8 Å². The van der Waals surface area contributed by atoms with Crippen molar-refractivity contribution in [2.24, 2.45) is 0 Å². The molecule has 0 unspecified atom stereocenters. The van der Waals surface area contributed by atoms with Crippen LogP contribution in [0, 0.1) is 11.3 Å². The Kier molecular flexibility index (Phi) is 8.45. The average Bonchev–Trinajstić information content (AvgIpc) is 2.77. The van der Waals surface area contributed by atoms with Crippen LogP contribution in [0.25, 0.3) is 6.08 Å². The lowest BCUT2D eigenvalue weighted by Gasteiger charge is -2.10. The highest BCUT2D eigenvalue weighted by atomic mass is 16.6. The SMILES string of the molecule is CCOc1ccc(CCC(=O)Oc2ccc(/C=C(\C#N)C(=O)OC)cc2OC)cc1. The number of hydrogen-bond donors (Lipinski definition) is 0. The molecule has 0 aliphatic rings. The minimum Gasteiger partial charge on any atom is -0.494 e. The molecule has 0 amide bonds. The summed E-state index contributed by atoms with van der Waals surface area (Å²) in [6.07, 6.45) is 2.09. The second-order valence-electron chi connectivity index (χ2n) is 6.12. The fourth-order valence-electron chi connectivity index (χ4n) is 2.61. The summed E-state index contributed by atoms with van der Waals surface area (Å²) in [6, 6.07) is 14.1.